The number of carboxylic acids is 1. The molecule has 1 aromatic carbocycles. The number of benzene rings is 1. The van der Waals surface area contributed by atoms with Crippen LogP contribution >= 0.6 is 0 Å². The second-order valence-electron chi connectivity index (χ2n) is 6.11. The van der Waals surface area contributed by atoms with Crippen LogP contribution < -0.4 is 0 Å². The second kappa shape index (κ2) is 8.11. The third kappa shape index (κ3) is 4.99. The number of hydrogen-bond acceptors (Lipinski definition) is 5. The summed E-state index contributed by atoms with van der Waals surface area (Å²) < 4.78 is 43.5. The molecule has 1 heterocycles. The summed E-state index contributed by atoms with van der Waals surface area (Å²) in [6.45, 7) is 1.18. The quantitative estimate of drug-likeness (QED) is 0.753. The Morgan fingerprint density at radius 2 is 2.12 bits per heavy atom. The van der Waals surface area contributed by atoms with Crippen LogP contribution in [0.25, 0.3) is 0 Å². The molecule has 0 saturated carbocycles. The van der Waals surface area contributed by atoms with Gasteiger partial charge in [-0.05, 0) is 24.6 Å². The van der Waals surface area contributed by atoms with E-state index in [4.69, 9.17) is 9.84 Å². The number of halogens is 1. The lowest BCUT2D eigenvalue weighted by atomic mass is 10.1. The number of amides is 1. The van der Waals surface area contributed by atoms with Crippen LogP contribution in [0.4, 0.5) is 4.39 Å². The summed E-state index contributed by atoms with van der Waals surface area (Å²) in [4.78, 5) is 25.0. The molecule has 1 saturated heterocycles. The van der Waals surface area contributed by atoms with Gasteiger partial charge >= 0.3 is 5.97 Å². The minimum absolute atomic E-state index is 0.0838. The number of carboxylic acid groups (broad SMARTS) is 1. The summed E-state index contributed by atoms with van der Waals surface area (Å²) in [5.74, 6) is -2.14. The van der Waals surface area contributed by atoms with Gasteiger partial charge in [0.1, 0.15) is 12.4 Å². The predicted octanol–water partition coefficient (Wildman–Crippen LogP) is 0.321. The largest absolute Gasteiger partial charge is 0.480 e. The van der Waals surface area contributed by atoms with Crippen LogP contribution in [0.3, 0.4) is 0 Å². The van der Waals surface area contributed by atoms with Crippen molar-refractivity contribution in [2.75, 3.05) is 39.0 Å². The molecule has 1 fully saturated rings. The third-order valence-electron chi connectivity index (χ3n) is 4.11. The summed E-state index contributed by atoms with van der Waals surface area (Å²) in [6, 6.07) is 4.24. The zero-order valence-corrected chi connectivity index (χ0v) is 15.3. The van der Waals surface area contributed by atoms with E-state index in [9.17, 15) is 22.4 Å². The third-order valence-corrected chi connectivity index (χ3v) is 5.33. The van der Waals surface area contributed by atoms with Gasteiger partial charge in [0.25, 0.3) is 5.91 Å². The fraction of sp³-hybridized carbons (Fsp3) is 0.500. The molecule has 8 nitrogen and oxygen atoms in total. The van der Waals surface area contributed by atoms with Crippen LogP contribution in [-0.4, -0.2) is 79.8 Å². The summed E-state index contributed by atoms with van der Waals surface area (Å²) >= 11 is 0. The number of hydrogen-bond donors (Lipinski definition) is 1. The molecule has 0 aromatic heterocycles. The summed E-state index contributed by atoms with van der Waals surface area (Å²) in [6.07, 6.45) is 0.244. The Balaban J connectivity index is 2.12. The lowest BCUT2D eigenvalue weighted by Gasteiger charge is -2.35. The highest BCUT2D eigenvalue weighted by molar-refractivity contribution is 7.88. The molecular weight excluding hydrogens is 367 g/mol. The van der Waals surface area contributed by atoms with Crippen LogP contribution in [0, 0.1) is 12.7 Å². The molecule has 1 N–H and O–H groups in total. The van der Waals surface area contributed by atoms with Crippen molar-refractivity contribution in [3.8, 4) is 0 Å². The zero-order chi connectivity index (χ0) is 19.5. The first kappa shape index (κ1) is 20.3. The van der Waals surface area contributed by atoms with Crippen molar-refractivity contribution >= 4 is 21.9 Å². The Bertz CT molecular complexity index is 798. The average Bonchev–Trinajstić information content (AvgIpc) is 2.55. The van der Waals surface area contributed by atoms with Crippen LogP contribution in [0.2, 0.25) is 0 Å². The maximum absolute atomic E-state index is 13.7. The van der Waals surface area contributed by atoms with Crippen molar-refractivity contribution in [1.82, 2.24) is 9.21 Å². The van der Waals surface area contributed by atoms with E-state index in [2.05, 4.69) is 0 Å². The molecule has 0 aliphatic carbocycles. The zero-order valence-electron chi connectivity index (χ0n) is 14.5. The highest BCUT2D eigenvalue weighted by atomic mass is 32.2. The maximum atomic E-state index is 13.7. The first-order chi connectivity index (χ1) is 12.1. The number of carbonyl (C=O) groups is 2. The Morgan fingerprint density at radius 1 is 1.42 bits per heavy atom. The molecule has 0 bridgehead atoms. The van der Waals surface area contributed by atoms with Gasteiger partial charge in [-0.2, -0.15) is 4.31 Å². The van der Waals surface area contributed by atoms with E-state index in [0.29, 0.717) is 0 Å². The van der Waals surface area contributed by atoms with E-state index in [1.807, 2.05) is 0 Å². The number of sulfonamides is 1. The molecule has 0 radical (unpaired) electrons. The fourth-order valence-electron chi connectivity index (χ4n) is 2.72. The minimum atomic E-state index is -3.74. The van der Waals surface area contributed by atoms with E-state index < -0.39 is 34.5 Å². The lowest BCUT2D eigenvalue weighted by Crippen LogP contribution is -2.51. The summed E-state index contributed by atoms with van der Waals surface area (Å²) in [5.41, 5.74) is 0.473. The van der Waals surface area contributed by atoms with Crippen molar-refractivity contribution in [3.63, 3.8) is 0 Å². The molecule has 26 heavy (non-hydrogen) atoms. The molecule has 1 atom stereocenters. The van der Waals surface area contributed by atoms with E-state index in [1.54, 1.807) is 0 Å². The standard InChI is InChI=1S/C16H21FN2O6S/c1-11-13(4-3-5-14(11)17)16(22)18-6-7-25-12(8-18)9-19(10-15(20)21)26(2,23)24/h3-5,12H,6-10H2,1-2H3,(H,20,21). The smallest absolute Gasteiger partial charge is 0.318 e. The molecule has 144 valence electrons. The predicted molar refractivity (Wildman–Crippen MR) is 90.8 cm³/mol. The molecule has 1 unspecified atom stereocenters. The number of ether oxygens (including phenoxy) is 1. The van der Waals surface area contributed by atoms with Crippen LogP contribution in [0.15, 0.2) is 18.2 Å². The number of nitrogens with zero attached hydrogens (tertiary/aromatic N) is 2. The fourth-order valence-corrected chi connectivity index (χ4v) is 3.50. The van der Waals surface area contributed by atoms with Gasteiger partial charge in [0, 0.05) is 25.2 Å². The molecule has 10 heteroatoms. The minimum Gasteiger partial charge on any atom is -0.480 e. The van der Waals surface area contributed by atoms with Crippen molar-refractivity contribution in [3.05, 3.63) is 35.1 Å². The highest BCUT2D eigenvalue weighted by Crippen LogP contribution is 2.17. The first-order valence-electron chi connectivity index (χ1n) is 7.92. The van der Waals surface area contributed by atoms with Gasteiger partial charge in [-0.15, -0.1) is 0 Å². The molecule has 1 aliphatic rings. The van der Waals surface area contributed by atoms with Crippen molar-refractivity contribution in [2.24, 2.45) is 0 Å². The summed E-state index contributed by atoms with van der Waals surface area (Å²) in [5, 5.41) is 8.88. The topological polar surface area (TPSA) is 104 Å². The maximum Gasteiger partial charge on any atom is 0.318 e. The van der Waals surface area contributed by atoms with E-state index >= 15 is 0 Å². The average molecular weight is 388 g/mol. The van der Waals surface area contributed by atoms with Gasteiger partial charge in [-0.25, -0.2) is 12.8 Å². The Morgan fingerprint density at radius 3 is 2.73 bits per heavy atom. The monoisotopic (exact) mass is 388 g/mol. The van der Waals surface area contributed by atoms with E-state index in [1.165, 1.54) is 30.0 Å². The van der Waals surface area contributed by atoms with E-state index in [-0.39, 0.29) is 43.3 Å². The number of carbonyl (C=O) groups excluding carboxylic acids is 1. The van der Waals surface area contributed by atoms with Crippen LogP contribution in [0.5, 0.6) is 0 Å². The van der Waals surface area contributed by atoms with Crippen LogP contribution in [-0.2, 0) is 19.6 Å². The van der Waals surface area contributed by atoms with Gasteiger partial charge in [0.2, 0.25) is 10.0 Å². The van der Waals surface area contributed by atoms with Gasteiger partial charge in [-0.3, -0.25) is 9.59 Å². The van der Waals surface area contributed by atoms with Crippen LogP contribution in [0.1, 0.15) is 15.9 Å². The molecule has 0 spiro atoms. The van der Waals surface area contributed by atoms with Gasteiger partial charge in [0.15, 0.2) is 0 Å². The van der Waals surface area contributed by atoms with Crippen molar-refractivity contribution < 1.29 is 32.2 Å². The molecule has 1 aliphatic heterocycles. The molecular formula is C16H21FN2O6S. The van der Waals surface area contributed by atoms with E-state index in [0.717, 1.165) is 10.6 Å². The Labute approximate surface area is 151 Å². The highest BCUT2D eigenvalue weighted by Gasteiger charge is 2.30. The SMILES string of the molecule is Cc1c(F)cccc1C(=O)N1CCOC(CN(CC(=O)O)S(C)(=O)=O)C1. The van der Waals surface area contributed by atoms with Gasteiger partial charge in [0.05, 0.1) is 19.0 Å². The Kier molecular flexibility index (Phi) is 6.32. The number of rotatable bonds is 6. The normalized spacial score (nSPS) is 18.2. The molecule has 2 rings (SSSR count). The molecule has 1 amide bonds. The van der Waals surface area contributed by atoms with Gasteiger partial charge < -0.3 is 14.7 Å². The summed E-state index contributed by atoms with van der Waals surface area (Å²) in [7, 11) is -3.74. The Hall–Kier alpha value is -2.04. The number of morpholine rings is 1. The number of aliphatic carboxylic acids is 1. The first-order valence-corrected chi connectivity index (χ1v) is 9.77. The van der Waals surface area contributed by atoms with Crippen molar-refractivity contribution in [1.29, 1.82) is 0 Å². The van der Waals surface area contributed by atoms with Gasteiger partial charge in [-0.1, -0.05) is 6.07 Å². The molecule has 1 aromatic rings. The van der Waals surface area contributed by atoms with Crippen molar-refractivity contribution in [2.45, 2.75) is 13.0 Å². The second-order valence-corrected chi connectivity index (χ2v) is 8.09. The lowest BCUT2D eigenvalue weighted by molar-refractivity contribution is -0.137.